The largest absolute Gasteiger partial charge is 0.459 e. The van der Waals surface area contributed by atoms with Crippen molar-refractivity contribution in [3.63, 3.8) is 0 Å². The molecule has 0 N–H and O–H groups in total. The minimum atomic E-state index is -0.613. The third-order valence-electron chi connectivity index (χ3n) is 1.92. The Morgan fingerprint density at radius 2 is 2.06 bits per heavy atom. The number of hydrogen-bond acceptors (Lipinski definition) is 4. The van der Waals surface area contributed by atoms with E-state index in [2.05, 4.69) is 4.98 Å². The molecular formula is C13H15NO3. The minimum Gasteiger partial charge on any atom is -0.459 e. The van der Waals surface area contributed by atoms with Crippen LogP contribution in [0.2, 0.25) is 0 Å². The highest BCUT2D eigenvalue weighted by molar-refractivity contribution is 6.19. The first kappa shape index (κ1) is 13.1. The fourth-order valence-electron chi connectivity index (χ4n) is 1.19. The molecule has 4 heteroatoms. The van der Waals surface area contributed by atoms with Crippen molar-refractivity contribution in [2.45, 2.75) is 26.9 Å². The summed E-state index contributed by atoms with van der Waals surface area (Å²) in [5.74, 6) is -0.945. The van der Waals surface area contributed by atoms with E-state index in [0.717, 1.165) is 0 Å². The van der Waals surface area contributed by atoms with Gasteiger partial charge in [0.25, 0.3) is 0 Å². The van der Waals surface area contributed by atoms with Gasteiger partial charge in [0.05, 0.1) is 11.8 Å². The summed E-state index contributed by atoms with van der Waals surface area (Å²) in [6, 6.07) is 5.26. The lowest BCUT2D eigenvalue weighted by molar-refractivity contribution is -0.143. The zero-order valence-corrected chi connectivity index (χ0v) is 10.1. The van der Waals surface area contributed by atoms with Crippen molar-refractivity contribution >= 4 is 17.8 Å². The number of ketones is 1. The van der Waals surface area contributed by atoms with Crippen LogP contribution in [0, 0.1) is 0 Å². The fourth-order valence-corrected chi connectivity index (χ4v) is 1.19. The first-order valence-corrected chi connectivity index (χ1v) is 5.35. The highest BCUT2D eigenvalue weighted by atomic mass is 16.5. The molecule has 0 unspecified atom stereocenters. The smallest absolute Gasteiger partial charge is 0.342 e. The Labute approximate surface area is 100 Å². The number of hydrogen-bond donors (Lipinski definition) is 0. The standard InChI is InChI=1S/C13H15NO3/c1-9(2)17-13(16)12(10(3)15)8-11-6-4-5-7-14-11/h4-9H,1-3H3/b12-8-. The molecule has 1 heterocycles. The van der Waals surface area contributed by atoms with Gasteiger partial charge in [0.15, 0.2) is 5.78 Å². The van der Waals surface area contributed by atoms with Crippen molar-refractivity contribution < 1.29 is 14.3 Å². The Balaban J connectivity index is 2.98. The zero-order chi connectivity index (χ0) is 12.8. The second kappa shape index (κ2) is 5.94. The lowest BCUT2D eigenvalue weighted by Crippen LogP contribution is -2.17. The van der Waals surface area contributed by atoms with Gasteiger partial charge in [-0.05, 0) is 39.0 Å². The van der Waals surface area contributed by atoms with Crippen molar-refractivity contribution in [1.82, 2.24) is 4.98 Å². The van der Waals surface area contributed by atoms with Gasteiger partial charge in [0.2, 0.25) is 0 Å². The Morgan fingerprint density at radius 1 is 1.35 bits per heavy atom. The molecule has 17 heavy (non-hydrogen) atoms. The van der Waals surface area contributed by atoms with E-state index in [4.69, 9.17) is 4.74 Å². The molecule has 0 aliphatic heterocycles. The summed E-state index contributed by atoms with van der Waals surface area (Å²) in [7, 11) is 0. The molecule has 0 saturated heterocycles. The van der Waals surface area contributed by atoms with Crippen LogP contribution in [-0.2, 0) is 14.3 Å². The van der Waals surface area contributed by atoms with Gasteiger partial charge in [0.1, 0.15) is 5.57 Å². The Morgan fingerprint density at radius 3 is 2.53 bits per heavy atom. The highest BCUT2D eigenvalue weighted by Gasteiger charge is 2.17. The van der Waals surface area contributed by atoms with Crippen LogP contribution in [0.25, 0.3) is 6.08 Å². The lowest BCUT2D eigenvalue weighted by Gasteiger charge is -2.08. The van der Waals surface area contributed by atoms with E-state index < -0.39 is 5.97 Å². The van der Waals surface area contributed by atoms with Crippen molar-refractivity contribution in [1.29, 1.82) is 0 Å². The van der Waals surface area contributed by atoms with E-state index in [1.807, 2.05) is 0 Å². The number of pyridine rings is 1. The summed E-state index contributed by atoms with van der Waals surface area (Å²) in [5.41, 5.74) is 0.566. The average molecular weight is 233 g/mol. The summed E-state index contributed by atoms with van der Waals surface area (Å²) >= 11 is 0. The van der Waals surface area contributed by atoms with Crippen molar-refractivity contribution in [2.24, 2.45) is 0 Å². The van der Waals surface area contributed by atoms with E-state index >= 15 is 0 Å². The molecule has 0 bridgehead atoms. The Kier molecular flexibility index (Phi) is 4.57. The van der Waals surface area contributed by atoms with Crippen molar-refractivity contribution in [3.8, 4) is 0 Å². The second-order valence-electron chi connectivity index (χ2n) is 3.82. The van der Waals surface area contributed by atoms with Crippen LogP contribution in [0.1, 0.15) is 26.5 Å². The van der Waals surface area contributed by atoms with E-state index in [9.17, 15) is 9.59 Å². The Bertz CT molecular complexity index is 435. The number of esters is 1. The molecule has 1 rings (SSSR count). The van der Waals surface area contributed by atoms with Gasteiger partial charge in [0, 0.05) is 6.20 Å². The van der Waals surface area contributed by atoms with Gasteiger partial charge in [-0.25, -0.2) is 4.79 Å². The highest BCUT2D eigenvalue weighted by Crippen LogP contribution is 2.08. The monoisotopic (exact) mass is 233 g/mol. The molecule has 4 nitrogen and oxygen atoms in total. The number of rotatable bonds is 4. The van der Waals surface area contributed by atoms with E-state index in [1.165, 1.54) is 13.0 Å². The topological polar surface area (TPSA) is 56.3 Å². The molecular weight excluding hydrogens is 218 g/mol. The van der Waals surface area contributed by atoms with Gasteiger partial charge in [-0.1, -0.05) is 6.07 Å². The molecule has 0 atom stereocenters. The third-order valence-corrected chi connectivity index (χ3v) is 1.92. The zero-order valence-electron chi connectivity index (χ0n) is 10.1. The number of carbonyl (C=O) groups excluding carboxylic acids is 2. The van der Waals surface area contributed by atoms with Crippen molar-refractivity contribution in [3.05, 3.63) is 35.7 Å². The number of carbonyl (C=O) groups is 2. The maximum absolute atomic E-state index is 11.7. The lowest BCUT2D eigenvalue weighted by atomic mass is 10.1. The molecule has 1 aromatic rings. The quantitative estimate of drug-likeness (QED) is 0.345. The molecule has 0 saturated carbocycles. The van der Waals surface area contributed by atoms with Crippen molar-refractivity contribution in [2.75, 3.05) is 0 Å². The molecule has 1 aromatic heterocycles. The number of aromatic nitrogens is 1. The van der Waals surface area contributed by atoms with E-state index in [1.54, 1.807) is 38.2 Å². The van der Waals surface area contributed by atoms with E-state index in [-0.39, 0.29) is 17.5 Å². The van der Waals surface area contributed by atoms with Crippen LogP contribution in [-0.4, -0.2) is 22.8 Å². The van der Waals surface area contributed by atoms with Crippen LogP contribution in [0.5, 0.6) is 0 Å². The maximum Gasteiger partial charge on any atom is 0.342 e. The predicted octanol–water partition coefficient (Wildman–Crippen LogP) is 2.01. The van der Waals surface area contributed by atoms with Gasteiger partial charge in [-0.3, -0.25) is 9.78 Å². The number of Topliss-reactive ketones (excluding diaryl/α,β-unsaturated/α-hetero) is 1. The third kappa shape index (κ3) is 4.18. The molecule has 0 aliphatic rings. The summed E-state index contributed by atoms with van der Waals surface area (Å²) in [5, 5.41) is 0. The Hall–Kier alpha value is -1.97. The van der Waals surface area contributed by atoms with Crippen LogP contribution in [0.4, 0.5) is 0 Å². The summed E-state index contributed by atoms with van der Waals surface area (Å²) in [4.78, 5) is 27.1. The first-order chi connectivity index (χ1) is 8.00. The summed E-state index contributed by atoms with van der Waals surface area (Å²) in [6.07, 6.45) is 2.78. The van der Waals surface area contributed by atoms with Crippen LogP contribution >= 0.6 is 0 Å². The van der Waals surface area contributed by atoms with Gasteiger partial charge >= 0.3 is 5.97 Å². The number of nitrogens with zero attached hydrogens (tertiary/aromatic N) is 1. The molecule has 0 aliphatic carbocycles. The molecule has 0 amide bonds. The van der Waals surface area contributed by atoms with Crippen LogP contribution < -0.4 is 0 Å². The molecule has 0 spiro atoms. The predicted molar refractivity (Wildman–Crippen MR) is 64.1 cm³/mol. The van der Waals surface area contributed by atoms with Crippen LogP contribution in [0.15, 0.2) is 30.0 Å². The summed E-state index contributed by atoms with van der Waals surface area (Å²) < 4.78 is 4.99. The fraction of sp³-hybridized carbons (Fsp3) is 0.308. The molecule has 0 fully saturated rings. The number of ether oxygens (including phenoxy) is 1. The normalized spacial score (nSPS) is 11.4. The average Bonchev–Trinajstić information content (AvgIpc) is 2.25. The van der Waals surface area contributed by atoms with Gasteiger partial charge in [-0.2, -0.15) is 0 Å². The van der Waals surface area contributed by atoms with Crippen LogP contribution in [0.3, 0.4) is 0 Å². The molecule has 0 radical (unpaired) electrons. The van der Waals surface area contributed by atoms with Gasteiger partial charge in [-0.15, -0.1) is 0 Å². The second-order valence-corrected chi connectivity index (χ2v) is 3.82. The SMILES string of the molecule is CC(=O)/C(=C/c1ccccn1)C(=O)OC(C)C. The summed E-state index contributed by atoms with van der Waals surface area (Å²) in [6.45, 7) is 4.79. The molecule has 90 valence electrons. The van der Waals surface area contributed by atoms with E-state index in [0.29, 0.717) is 5.69 Å². The minimum absolute atomic E-state index is 0.0115. The maximum atomic E-state index is 11.7. The van der Waals surface area contributed by atoms with Gasteiger partial charge < -0.3 is 4.74 Å². The molecule has 0 aromatic carbocycles. The first-order valence-electron chi connectivity index (χ1n) is 5.35.